The van der Waals surface area contributed by atoms with Gasteiger partial charge in [0, 0.05) is 45.5 Å². The zero-order valence-corrected chi connectivity index (χ0v) is 15.2. The minimum absolute atomic E-state index is 0.220. The van der Waals surface area contributed by atoms with E-state index in [1.165, 1.54) is 9.87 Å². The van der Waals surface area contributed by atoms with Crippen molar-refractivity contribution in [2.24, 2.45) is 7.05 Å². The number of aryl methyl sites for hydroxylation is 2. The van der Waals surface area contributed by atoms with Crippen molar-refractivity contribution < 1.29 is 8.42 Å². The number of aromatic nitrogens is 2. The van der Waals surface area contributed by atoms with Gasteiger partial charge in [-0.25, -0.2) is 12.7 Å². The van der Waals surface area contributed by atoms with Crippen LogP contribution in [-0.4, -0.2) is 36.6 Å². The fourth-order valence-electron chi connectivity index (χ4n) is 3.21. The number of fused-ring (bicyclic) bond motifs is 1. The molecule has 1 unspecified atom stereocenters. The van der Waals surface area contributed by atoms with Gasteiger partial charge in [0.2, 0.25) is 10.0 Å². The Hall–Kier alpha value is -1.70. The molecule has 1 aliphatic carbocycles. The van der Waals surface area contributed by atoms with Gasteiger partial charge in [0.1, 0.15) is 0 Å². The third-order valence-corrected chi connectivity index (χ3v) is 6.41. The first-order valence-corrected chi connectivity index (χ1v) is 9.60. The van der Waals surface area contributed by atoms with E-state index in [0.717, 1.165) is 30.5 Å². The summed E-state index contributed by atoms with van der Waals surface area (Å²) < 4.78 is 28.1. The normalized spacial score (nSPS) is 17.9. The number of nitrogens with zero attached hydrogens (tertiary/aromatic N) is 3. The topological polar surface area (TPSA) is 67.2 Å². The van der Waals surface area contributed by atoms with Crippen LogP contribution in [0.3, 0.4) is 0 Å². The van der Waals surface area contributed by atoms with E-state index < -0.39 is 10.0 Å². The van der Waals surface area contributed by atoms with Crippen LogP contribution in [0.1, 0.15) is 35.7 Å². The van der Waals surface area contributed by atoms with Crippen LogP contribution in [0.25, 0.3) is 0 Å². The molecule has 0 saturated carbocycles. The lowest BCUT2D eigenvalue weighted by Crippen LogP contribution is -2.27. The minimum atomic E-state index is -3.44. The smallest absolute Gasteiger partial charge is 0.242 e. The summed E-state index contributed by atoms with van der Waals surface area (Å²) in [6.45, 7) is 0.516. The van der Waals surface area contributed by atoms with Gasteiger partial charge >= 0.3 is 0 Å². The number of sulfonamides is 1. The molecule has 130 valence electrons. The summed E-state index contributed by atoms with van der Waals surface area (Å²) in [5.74, 6) is 0. The lowest BCUT2D eigenvalue weighted by molar-refractivity contribution is 0.454. The van der Waals surface area contributed by atoms with Crippen molar-refractivity contribution in [2.45, 2.75) is 36.7 Å². The van der Waals surface area contributed by atoms with Gasteiger partial charge in [-0.3, -0.25) is 4.68 Å². The Balaban J connectivity index is 1.82. The standard InChI is InChI=1S/C17H24N4O2S/c1-20(2)24(22,23)17-10-5-4-7-13(17)11-18-15-8-6-9-16-14(15)12-21(3)19-16/h4-5,7,10,12,15,18H,6,8-9,11H2,1-3H3. The first kappa shape index (κ1) is 17.1. The maximum absolute atomic E-state index is 12.5. The Morgan fingerprint density at radius 2 is 2.08 bits per heavy atom. The Morgan fingerprint density at radius 3 is 2.83 bits per heavy atom. The van der Waals surface area contributed by atoms with Crippen molar-refractivity contribution in [3.8, 4) is 0 Å². The third-order valence-electron chi connectivity index (χ3n) is 4.49. The lowest BCUT2D eigenvalue weighted by Gasteiger charge is -2.23. The molecule has 24 heavy (non-hydrogen) atoms. The van der Waals surface area contributed by atoms with Gasteiger partial charge in [0.05, 0.1) is 10.6 Å². The Kier molecular flexibility index (Phi) is 4.76. The van der Waals surface area contributed by atoms with Gasteiger partial charge in [0.25, 0.3) is 0 Å². The van der Waals surface area contributed by atoms with Crippen LogP contribution in [-0.2, 0) is 30.0 Å². The first-order valence-electron chi connectivity index (χ1n) is 8.16. The Morgan fingerprint density at radius 1 is 1.33 bits per heavy atom. The van der Waals surface area contributed by atoms with E-state index in [0.29, 0.717) is 11.4 Å². The van der Waals surface area contributed by atoms with Crippen molar-refractivity contribution in [1.82, 2.24) is 19.4 Å². The van der Waals surface area contributed by atoms with E-state index in [2.05, 4.69) is 16.6 Å². The van der Waals surface area contributed by atoms with E-state index in [4.69, 9.17) is 0 Å². The van der Waals surface area contributed by atoms with Crippen LogP contribution < -0.4 is 5.32 Å². The third kappa shape index (κ3) is 3.24. The summed E-state index contributed by atoms with van der Waals surface area (Å²) >= 11 is 0. The summed E-state index contributed by atoms with van der Waals surface area (Å²) in [6, 6.07) is 7.40. The lowest BCUT2D eigenvalue weighted by atomic mass is 9.93. The highest BCUT2D eigenvalue weighted by molar-refractivity contribution is 7.89. The van der Waals surface area contributed by atoms with E-state index in [1.54, 1.807) is 26.2 Å². The molecule has 0 spiro atoms. The van der Waals surface area contributed by atoms with Crippen molar-refractivity contribution in [2.75, 3.05) is 14.1 Å². The van der Waals surface area contributed by atoms with Gasteiger partial charge in [0.15, 0.2) is 0 Å². The molecule has 3 rings (SSSR count). The van der Waals surface area contributed by atoms with Gasteiger partial charge in [-0.2, -0.15) is 5.10 Å². The van der Waals surface area contributed by atoms with E-state index >= 15 is 0 Å². The maximum atomic E-state index is 12.5. The molecule has 2 aromatic rings. The molecule has 1 aromatic heterocycles. The van der Waals surface area contributed by atoms with Gasteiger partial charge in [-0.05, 0) is 30.9 Å². The highest BCUT2D eigenvalue weighted by Gasteiger charge is 2.24. The Bertz CT molecular complexity index is 827. The second kappa shape index (κ2) is 6.66. The van der Waals surface area contributed by atoms with Crippen molar-refractivity contribution >= 4 is 10.0 Å². The van der Waals surface area contributed by atoms with Gasteiger partial charge in [-0.1, -0.05) is 18.2 Å². The SMILES string of the molecule is CN(C)S(=O)(=O)c1ccccc1CNC1CCCc2nn(C)cc21. The predicted molar refractivity (Wildman–Crippen MR) is 93.0 cm³/mol. The molecule has 1 heterocycles. The molecule has 0 amide bonds. The average molecular weight is 348 g/mol. The van der Waals surface area contributed by atoms with Crippen LogP contribution >= 0.6 is 0 Å². The number of benzene rings is 1. The summed E-state index contributed by atoms with van der Waals surface area (Å²) in [4.78, 5) is 0.365. The predicted octanol–water partition coefficient (Wildman–Crippen LogP) is 1.84. The number of hydrogen-bond donors (Lipinski definition) is 1. The minimum Gasteiger partial charge on any atom is -0.306 e. The van der Waals surface area contributed by atoms with Crippen LogP contribution in [0.4, 0.5) is 0 Å². The number of hydrogen-bond acceptors (Lipinski definition) is 4. The summed E-state index contributed by atoms with van der Waals surface area (Å²) in [6.07, 6.45) is 5.22. The van der Waals surface area contributed by atoms with Crippen LogP contribution in [0.15, 0.2) is 35.4 Å². The van der Waals surface area contributed by atoms with Gasteiger partial charge in [-0.15, -0.1) is 0 Å². The van der Waals surface area contributed by atoms with Crippen LogP contribution in [0.5, 0.6) is 0 Å². The van der Waals surface area contributed by atoms with Crippen molar-refractivity contribution in [3.63, 3.8) is 0 Å². The molecule has 7 heteroatoms. The quantitative estimate of drug-likeness (QED) is 0.895. The van der Waals surface area contributed by atoms with Gasteiger partial charge < -0.3 is 5.32 Å². The molecular weight excluding hydrogens is 324 g/mol. The summed E-state index contributed by atoms with van der Waals surface area (Å²) in [7, 11) is 1.62. The number of rotatable bonds is 5. The fourth-order valence-corrected chi connectivity index (χ4v) is 4.33. The first-order chi connectivity index (χ1) is 11.4. The zero-order chi connectivity index (χ0) is 17.3. The largest absolute Gasteiger partial charge is 0.306 e. The molecule has 1 atom stereocenters. The van der Waals surface area contributed by atoms with Crippen molar-refractivity contribution in [3.05, 3.63) is 47.3 Å². The highest BCUT2D eigenvalue weighted by atomic mass is 32.2. The molecule has 1 aromatic carbocycles. The fraction of sp³-hybridized carbons (Fsp3) is 0.471. The molecule has 0 aliphatic heterocycles. The molecule has 0 saturated heterocycles. The zero-order valence-electron chi connectivity index (χ0n) is 14.4. The number of nitrogens with one attached hydrogen (secondary N) is 1. The van der Waals surface area contributed by atoms with Crippen LogP contribution in [0.2, 0.25) is 0 Å². The molecule has 0 bridgehead atoms. The highest BCUT2D eigenvalue weighted by Crippen LogP contribution is 2.29. The molecule has 1 aliphatic rings. The van der Waals surface area contributed by atoms with Crippen molar-refractivity contribution in [1.29, 1.82) is 0 Å². The molecule has 1 N–H and O–H groups in total. The summed E-state index contributed by atoms with van der Waals surface area (Å²) in [5, 5.41) is 8.03. The molecule has 6 nitrogen and oxygen atoms in total. The van der Waals surface area contributed by atoms with Crippen LogP contribution in [0, 0.1) is 0 Å². The monoisotopic (exact) mass is 348 g/mol. The van der Waals surface area contributed by atoms with E-state index in [9.17, 15) is 8.42 Å². The second-order valence-electron chi connectivity index (χ2n) is 6.43. The molecule has 0 fully saturated rings. The average Bonchev–Trinajstić information content (AvgIpc) is 2.93. The van der Waals surface area contributed by atoms with E-state index in [-0.39, 0.29) is 6.04 Å². The summed E-state index contributed by atoms with van der Waals surface area (Å²) in [5.41, 5.74) is 3.18. The second-order valence-corrected chi connectivity index (χ2v) is 8.55. The van der Waals surface area contributed by atoms with E-state index in [1.807, 2.05) is 23.9 Å². The maximum Gasteiger partial charge on any atom is 0.242 e. The Labute approximate surface area is 143 Å². The molecule has 0 radical (unpaired) electrons. The molecular formula is C17H24N4O2S.